The summed E-state index contributed by atoms with van der Waals surface area (Å²) in [6, 6.07) is 3.19. The van der Waals surface area contributed by atoms with Crippen LogP contribution < -0.4 is 0 Å². The minimum atomic E-state index is -4.74. The summed E-state index contributed by atoms with van der Waals surface area (Å²) in [6.07, 6.45) is -4.74. The largest absolute Gasteiger partial charge is 0.418 e. The van der Waals surface area contributed by atoms with Crippen molar-refractivity contribution in [2.45, 2.75) is 11.1 Å². The molecule has 1 aromatic rings. The van der Waals surface area contributed by atoms with E-state index in [4.69, 9.17) is 10.7 Å². The minimum Gasteiger partial charge on any atom is -0.207 e. The lowest BCUT2D eigenvalue weighted by Crippen LogP contribution is -2.12. The van der Waals surface area contributed by atoms with Gasteiger partial charge in [-0.1, -0.05) is 6.07 Å². The van der Waals surface area contributed by atoms with Crippen LogP contribution in [0.5, 0.6) is 0 Å². The van der Waals surface area contributed by atoms with Crippen molar-refractivity contribution in [1.82, 2.24) is 0 Å². The summed E-state index contributed by atoms with van der Waals surface area (Å²) in [5.41, 5.74) is -1.22. The van der Waals surface area contributed by atoms with E-state index >= 15 is 0 Å². The third kappa shape index (κ3) is 2.97. The lowest BCUT2D eigenvalue weighted by atomic mass is 10.2. The summed E-state index contributed by atoms with van der Waals surface area (Å²) in [4.78, 5) is -0.913. The zero-order chi connectivity index (χ0) is 11.9. The maximum absolute atomic E-state index is 12.5. The van der Waals surface area contributed by atoms with E-state index in [1.807, 2.05) is 0 Å². The van der Waals surface area contributed by atoms with Crippen molar-refractivity contribution in [1.29, 1.82) is 0 Å². The van der Waals surface area contributed by atoms with Gasteiger partial charge in [0.25, 0.3) is 9.05 Å². The number of rotatable bonds is 1. The molecule has 15 heavy (non-hydrogen) atoms. The monoisotopic (exact) mass is 370 g/mol. The first-order valence-corrected chi connectivity index (χ1v) is 6.83. The Labute approximate surface area is 102 Å². The lowest BCUT2D eigenvalue weighted by molar-refractivity contribution is -0.140. The Hall–Kier alpha value is -0.0200. The smallest absolute Gasteiger partial charge is 0.207 e. The van der Waals surface area contributed by atoms with Gasteiger partial charge in [-0.2, -0.15) is 13.2 Å². The highest BCUT2D eigenvalue weighted by atomic mass is 127. The second-order valence-electron chi connectivity index (χ2n) is 2.55. The van der Waals surface area contributed by atoms with Gasteiger partial charge in [0.15, 0.2) is 0 Å². The molecule has 0 saturated heterocycles. The fraction of sp³-hybridized carbons (Fsp3) is 0.143. The summed E-state index contributed by atoms with van der Waals surface area (Å²) in [7, 11) is 0.519. The highest BCUT2D eigenvalue weighted by Gasteiger charge is 2.38. The molecule has 8 heteroatoms. The van der Waals surface area contributed by atoms with Gasteiger partial charge >= 0.3 is 6.18 Å². The molecule has 0 amide bonds. The summed E-state index contributed by atoms with van der Waals surface area (Å²) in [5.74, 6) is 0. The molecule has 0 radical (unpaired) electrons. The quantitative estimate of drug-likeness (QED) is 0.562. The zero-order valence-corrected chi connectivity index (χ0v) is 10.6. The van der Waals surface area contributed by atoms with Gasteiger partial charge < -0.3 is 0 Å². The predicted molar refractivity (Wildman–Crippen MR) is 57.2 cm³/mol. The molecule has 0 aliphatic carbocycles. The van der Waals surface area contributed by atoms with Crippen molar-refractivity contribution in [3.05, 3.63) is 27.3 Å². The average Bonchev–Trinajstić information content (AvgIpc) is 1.99. The Morgan fingerprint density at radius 2 is 1.80 bits per heavy atom. The summed E-state index contributed by atoms with van der Waals surface area (Å²) in [5, 5.41) is 0. The molecule has 0 atom stereocenters. The van der Waals surface area contributed by atoms with Crippen LogP contribution in [-0.4, -0.2) is 8.42 Å². The van der Waals surface area contributed by atoms with Crippen molar-refractivity contribution >= 4 is 42.3 Å². The molecule has 0 heterocycles. The molecule has 0 unspecified atom stereocenters. The van der Waals surface area contributed by atoms with Crippen molar-refractivity contribution in [2.75, 3.05) is 0 Å². The van der Waals surface area contributed by atoms with E-state index in [2.05, 4.69) is 0 Å². The molecule has 0 bridgehead atoms. The van der Waals surface area contributed by atoms with Gasteiger partial charge in [0.1, 0.15) is 0 Å². The molecule has 0 N–H and O–H groups in total. The Morgan fingerprint density at radius 1 is 1.27 bits per heavy atom. The first-order chi connectivity index (χ1) is 6.64. The first-order valence-electron chi connectivity index (χ1n) is 3.44. The maximum Gasteiger partial charge on any atom is 0.418 e. The number of hydrogen-bond acceptors (Lipinski definition) is 2. The predicted octanol–water partition coefficient (Wildman–Crippen LogP) is 3.24. The summed E-state index contributed by atoms with van der Waals surface area (Å²) >= 11 is 1.41. The van der Waals surface area contributed by atoms with Crippen LogP contribution in [0.2, 0.25) is 0 Å². The molecule has 0 saturated carbocycles. The standard InChI is InChI=1S/C7H3ClF3IO2S/c8-15(13,14)5-3-1-2-4(12)6(5)7(9,10)11/h1-3H. The Balaban J connectivity index is 3.63. The summed E-state index contributed by atoms with van der Waals surface area (Å²) in [6.45, 7) is 0. The number of halogens is 5. The molecule has 1 aromatic carbocycles. The van der Waals surface area contributed by atoms with Crippen LogP contribution in [0.4, 0.5) is 13.2 Å². The van der Waals surface area contributed by atoms with Crippen molar-refractivity contribution in [3.63, 3.8) is 0 Å². The van der Waals surface area contributed by atoms with Crippen LogP contribution in [0.15, 0.2) is 23.1 Å². The van der Waals surface area contributed by atoms with Gasteiger partial charge in [0.05, 0.1) is 10.5 Å². The van der Waals surface area contributed by atoms with Crippen LogP contribution in [0.25, 0.3) is 0 Å². The van der Waals surface area contributed by atoms with Crippen LogP contribution in [-0.2, 0) is 15.2 Å². The van der Waals surface area contributed by atoms with Gasteiger partial charge in [-0.15, -0.1) is 0 Å². The Morgan fingerprint density at radius 3 is 2.13 bits per heavy atom. The van der Waals surface area contributed by atoms with Crippen molar-refractivity contribution in [2.24, 2.45) is 0 Å². The van der Waals surface area contributed by atoms with Crippen LogP contribution in [0.3, 0.4) is 0 Å². The van der Waals surface area contributed by atoms with Gasteiger partial charge in [0, 0.05) is 14.3 Å². The second kappa shape index (κ2) is 4.10. The first kappa shape index (κ1) is 13.0. The van der Waals surface area contributed by atoms with Gasteiger partial charge in [-0.05, 0) is 34.7 Å². The third-order valence-corrected chi connectivity index (χ3v) is 3.78. The van der Waals surface area contributed by atoms with Crippen LogP contribution in [0.1, 0.15) is 5.56 Å². The van der Waals surface area contributed by atoms with Crippen molar-refractivity contribution < 1.29 is 21.6 Å². The van der Waals surface area contributed by atoms with E-state index in [9.17, 15) is 21.6 Å². The molecule has 1 rings (SSSR count). The second-order valence-corrected chi connectivity index (χ2v) is 6.25. The lowest BCUT2D eigenvalue weighted by Gasteiger charge is -2.12. The Bertz CT molecular complexity index is 483. The minimum absolute atomic E-state index is 0.207. The third-order valence-electron chi connectivity index (χ3n) is 1.52. The SMILES string of the molecule is O=S(=O)(Cl)c1cccc(I)c1C(F)(F)F. The topological polar surface area (TPSA) is 34.1 Å². The summed E-state index contributed by atoms with van der Waals surface area (Å²) < 4.78 is 59.2. The number of alkyl halides is 3. The zero-order valence-electron chi connectivity index (χ0n) is 6.85. The van der Waals surface area contributed by atoms with Gasteiger partial charge in [0.2, 0.25) is 0 Å². The maximum atomic E-state index is 12.5. The van der Waals surface area contributed by atoms with E-state index in [0.29, 0.717) is 0 Å². The molecule has 84 valence electrons. The molecular formula is C7H3ClF3IO2S. The molecule has 0 aliphatic heterocycles. The fourth-order valence-corrected chi connectivity index (χ4v) is 3.07. The van der Waals surface area contributed by atoms with E-state index < -0.39 is 25.7 Å². The molecule has 2 nitrogen and oxygen atoms in total. The van der Waals surface area contributed by atoms with Crippen molar-refractivity contribution in [3.8, 4) is 0 Å². The average molecular weight is 371 g/mol. The normalized spacial score (nSPS) is 12.9. The van der Waals surface area contributed by atoms with E-state index in [0.717, 1.165) is 12.1 Å². The number of benzene rings is 1. The molecule has 0 aliphatic rings. The van der Waals surface area contributed by atoms with Gasteiger partial charge in [-0.3, -0.25) is 0 Å². The van der Waals surface area contributed by atoms with Gasteiger partial charge in [-0.25, -0.2) is 8.42 Å². The van der Waals surface area contributed by atoms with E-state index in [1.54, 1.807) is 0 Å². The highest BCUT2D eigenvalue weighted by molar-refractivity contribution is 14.1. The molecule has 0 fully saturated rings. The Kier molecular flexibility index (Phi) is 3.56. The van der Waals surface area contributed by atoms with E-state index in [-0.39, 0.29) is 3.57 Å². The number of hydrogen-bond donors (Lipinski definition) is 0. The van der Waals surface area contributed by atoms with E-state index in [1.165, 1.54) is 28.7 Å². The molecule has 0 aromatic heterocycles. The van der Waals surface area contributed by atoms with Crippen LogP contribution in [0, 0.1) is 3.57 Å². The highest BCUT2D eigenvalue weighted by Crippen LogP contribution is 2.38. The van der Waals surface area contributed by atoms with Crippen LogP contribution >= 0.6 is 33.3 Å². The molecular weight excluding hydrogens is 367 g/mol. The molecule has 0 spiro atoms. The fourth-order valence-electron chi connectivity index (χ4n) is 0.983.